The second kappa shape index (κ2) is 8.62. The van der Waals surface area contributed by atoms with Gasteiger partial charge in [0, 0.05) is 12.1 Å². The van der Waals surface area contributed by atoms with Gasteiger partial charge in [-0.15, -0.1) is 0 Å². The molecular weight excluding hydrogens is 359 g/mol. The summed E-state index contributed by atoms with van der Waals surface area (Å²) in [5.41, 5.74) is 1.44. The number of ether oxygens (including phenoxy) is 1. The zero-order valence-corrected chi connectivity index (χ0v) is 14.7. The average molecular weight is 378 g/mol. The van der Waals surface area contributed by atoms with Crippen molar-refractivity contribution in [1.82, 2.24) is 10.8 Å². The maximum absolute atomic E-state index is 12.5. The third-order valence-corrected chi connectivity index (χ3v) is 2.73. The molecule has 0 aliphatic rings. The lowest BCUT2D eigenvalue weighted by molar-refractivity contribution is -0.00647. The summed E-state index contributed by atoms with van der Waals surface area (Å²) in [6.07, 6.45) is -0.767. The summed E-state index contributed by atoms with van der Waals surface area (Å²) in [5, 5.41) is 2.46. The van der Waals surface area contributed by atoms with Gasteiger partial charge in [0.1, 0.15) is 11.4 Å². The Morgan fingerprint density at radius 3 is 2.52 bits per heavy atom. The Balaban J connectivity index is 2.38. The van der Waals surface area contributed by atoms with Crippen LogP contribution in [0.5, 0.6) is 5.75 Å². The van der Waals surface area contributed by atoms with Gasteiger partial charge >= 0.3 is 16.6 Å². The molecule has 140 valence electrons. The van der Waals surface area contributed by atoms with Crippen LogP contribution in [0, 0.1) is 0 Å². The summed E-state index contributed by atoms with van der Waals surface area (Å²) in [5.74, 6) is -0.902. The molecule has 9 nitrogen and oxygen atoms in total. The molecule has 0 bridgehead atoms. The van der Waals surface area contributed by atoms with Gasteiger partial charge in [0.05, 0.1) is 6.61 Å². The van der Waals surface area contributed by atoms with Crippen molar-refractivity contribution in [3.05, 3.63) is 29.8 Å². The maximum Gasteiger partial charge on any atom is 0.488 e. The third-order valence-electron chi connectivity index (χ3n) is 2.34. The topological polar surface area (TPSA) is 120 Å². The zero-order chi connectivity index (χ0) is 19.1. The number of hydrogen-bond acceptors (Lipinski definition) is 7. The van der Waals surface area contributed by atoms with E-state index in [1.165, 1.54) is 18.2 Å². The first kappa shape index (κ1) is 20.6. The molecule has 0 saturated carbocycles. The molecule has 0 aliphatic carbocycles. The maximum atomic E-state index is 12.5. The highest BCUT2D eigenvalue weighted by atomic mass is 32.3. The Morgan fingerprint density at radius 1 is 1.24 bits per heavy atom. The van der Waals surface area contributed by atoms with E-state index >= 15 is 0 Å². The van der Waals surface area contributed by atoms with E-state index in [0.717, 1.165) is 6.07 Å². The van der Waals surface area contributed by atoms with Gasteiger partial charge in [0.25, 0.3) is 5.91 Å². The molecule has 0 fully saturated rings. The number of halogens is 1. The van der Waals surface area contributed by atoms with Crippen LogP contribution >= 0.6 is 0 Å². The third kappa shape index (κ3) is 9.47. The summed E-state index contributed by atoms with van der Waals surface area (Å²) >= 11 is 0. The van der Waals surface area contributed by atoms with E-state index in [1.807, 2.05) is 5.48 Å². The van der Waals surface area contributed by atoms with Gasteiger partial charge in [-0.3, -0.25) is 9.63 Å². The first-order valence-corrected chi connectivity index (χ1v) is 8.40. The standard InChI is InChI=1S/C14H19FN2O7S/c1-14(2,3)23-13(19)17-22-8-7-16-12(18)10-5-4-6-11(9-10)24-25(15,20)21/h4-6,9H,7-8H2,1-3H3,(H,16,18)(H,17,19). The monoisotopic (exact) mass is 378 g/mol. The highest BCUT2D eigenvalue weighted by molar-refractivity contribution is 7.81. The molecule has 11 heteroatoms. The van der Waals surface area contributed by atoms with Gasteiger partial charge < -0.3 is 14.2 Å². The molecule has 0 aromatic heterocycles. The Morgan fingerprint density at radius 2 is 1.92 bits per heavy atom. The summed E-state index contributed by atoms with van der Waals surface area (Å²) in [7, 11) is -5.17. The van der Waals surface area contributed by atoms with Crippen molar-refractivity contribution in [1.29, 1.82) is 0 Å². The number of carbonyl (C=O) groups is 2. The Kier molecular flexibility index (Phi) is 7.12. The number of hydrogen-bond donors (Lipinski definition) is 2. The molecule has 0 saturated heterocycles. The van der Waals surface area contributed by atoms with Crippen LogP contribution in [0.4, 0.5) is 8.68 Å². The minimum atomic E-state index is -5.17. The van der Waals surface area contributed by atoms with Crippen molar-refractivity contribution in [3.8, 4) is 5.75 Å². The molecule has 2 N–H and O–H groups in total. The van der Waals surface area contributed by atoms with E-state index in [0.29, 0.717) is 0 Å². The number of amides is 2. The van der Waals surface area contributed by atoms with Crippen LogP contribution in [0.2, 0.25) is 0 Å². The van der Waals surface area contributed by atoms with E-state index in [9.17, 15) is 21.9 Å². The van der Waals surface area contributed by atoms with Gasteiger partial charge in [-0.1, -0.05) is 9.95 Å². The minimum absolute atomic E-state index is 0.0416. The van der Waals surface area contributed by atoms with Gasteiger partial charge in [-0.2, -0.15) is 13.9 Å². The summed E-state index contributed by atoms with van der Waals surface area (Å²) in [4.78, 5) is 28.0. The zero-order valence-electron chi connectivity index (χ0n) is 13.9. The van der Waals surface area contributed by atoms with Crippen molar-refractivity contribution < 1.29 is 35.7 Å². The molecule has 0 spiro atoms. The summed E-state index contributed by atoms with van der Waals surface area (Å²) < 4.78 is 42.3. The van der Waals surface area contributed by atoms with Crippen molar-refractivity contribution in [2.75, 3.05) is 13.2 Å². The highest BCUT2D eigenvalue weighted by Crippen LogP contribution is 2.16. The van der Waals surface area contributed by atoms with Gasteiger partial charge in [0.2, 0.25) is 0 Å². The molecule has 1 aromatic carbocycles. The number of hydroxylamine groups is 1. The lowest BCUT2D eigenvalue weighted by Crippen LogP contribution is -2.35. The second-order valence-corrected chi connectivity index (χ2v) is 6.67. The number of benzene rings is 1. The van der Waals surface area contributed by atoms with E-state index in [-0.39, 0.29) is 24.5 Å². The molecule has 0 aliphatic heterocycles. The second-order valence-electron chi connectivity index (χ2n) is 5.71. The molecular formula is C14H19FN2O7S. The largest absolute Gasteiger partial charge is 0.488 e. The molecule has 0 heterocycles. The van der Waals surface area contributed by atoms with Gasteiger partial charge in [0.15, 0.2) is 0 Å². The van der Waals surface area contributed by atoms with Crippen LogP contribution < -0.4 is 15.0 Å². The number of carbonyl (C=O) groups excluding carboxylic acids is 2. The van der Waals surface area contributed by atoms with Gasteiger partial charge in [-0.05, 0) is 39.0 Å². The normalized spacial score (nSPS) is 11.5. The Labute approximate surface area is 144 Å². The summed E-state index contributed by atoms with van der Waals surface area (Å²) in [6.45, 7) is 5.08. The van der Waals surface area contributed by atoms with Crippen LogP contribution in [-0.2, 0) is 20.1 Å². The van der Waals surface area contributed by atoms with Crippen LogP contribution in [0.3, 0.4) is 0 Å². The smallest absolute Gasteiger partial charge is 0.442 e. The van der Waals surface area contributed by atoms with E-state index in [2.05, 4.69) is 9.50 Å². The van der Waals surface area contributed by atoms with Gasteiger partial charge in [-0.25, -0.2) is 4.79 Å². The van der Waals surface area contributed by atoms with Crippen molar-refractivity contribution in [3.63, 3.8) is 0 Å². The van der Waals surface area contributed by atoms with Crippen LogP contribution in [0.1, 0.15) is 31.1 Å². The van der Waals surface area contributed by atoms with E-state index in [4.69, 9.17) is 9.57 Å². The SMILES string of the molecule is CC(C)(C)OC(=O)NOCCNC(=O)c1cccc(OS(=O)(=O)F)c1. The first-order chi connectivity index (χ1) is 11.5. The fourth-order valence-corrected chi connectivity index (χ4v) is 1.86. The quantitative estimate of drug-likeness (QED) is 0.419. The Bertz CT molecular complexity index is 716. The van der Waals surface area contributed by atoms with Crippen LogP contribution in [0.15, 0.2) is 24.3 Å². The van der Waals surface area contributed by atoms with Crippen LogP contribution in [0.25, 0.3) is 0 Å². The lowest BCUT2D eigenvalue weighted by atomic mass is 10.2. The van der Waals surface area contributed by atoms with Crippen molar-refractivity contribution in [2.24, 2.45) is 0 Å². The minimum Gasteiger partial charge on any atom is -0.442 e. The number of rotatable bonds is 7. The first-order valence-electron chi connectivity index (χ1n) is 7.09. The van der Waals surface area contributed by atoms with E-state index in [1.54, 1.807) is 20.8 Å². The van der Waals surface area contributed by atoms with Crippen LogP contribution in [-0.4, -0.2) is 39.2 Å². The fraction of sp³-hybridized carbons (Fsp3) is 0.429. The van der Waals surface area contributed by atoms with Crippen molar-refractivity contribution in [2.45, 2.75) is 26.4 Å². The molecule has 2 amide bonds. The summed E-state index contributed by atoms with van der Waals surface area (Å²) in [6, 6.07) is 4.96. The van der Waals surface area contributed by atoms with E-state index < -0.39 is 28.1 Å². The Hall–Kier alpha value is -2.40. The van der Waals surface area contributed by atoms with Crippen molar-refractivity contribution >= 4 is 22.5 Å². The molecule has 0 unspecified atom stereocenters. The predicted molar refractivity (Wildman–Crippen MR) is 84.8 cm³/mol. The highest BCUT2D eigenvalue weighted by Gasteiger charge is 2.16. The molecule has 0 atom stereocenters. The molecule has 25 heavy (non-hydrogen) atoms. The number of nitrogens with one attached hydrogen (secondary N) is 2. The average Bonchev–Trinajstić information content (AvgIpc) is 2.43. The fourth-order valence-electron chi connectivity index (χ4n) is 1.53. The molecule has 0 radical (unpaired) electrons. The molecule has 1 rings (SSSR count). The lowest BCUT2D eigenvalue weighted by Gasteiger charge is -2.19. The molecule has 1 aromatic rings. The predicted octanol–water partition coefficient (Wildman–Crippen LogP) is 1.47.